The van der Waals surface area contributed by atoms with Crippen LogP contribution in [0.25, 0.3) is 0 Å². The van der Waals surface area contributed by atoms with Crippen molar-refractivity contribution in [1.29, 1.82) is 0 Å². The van der Waals surface area contributed by atoms with Crippen LogP contribution in [-0.2, 0) is 29.0 Å². The first-order valence-corrected chi connectivity index (χ1v) is 7.88. The fourth-order valence-electron chi connectivity index (χ4n) is 1.89. The molecular weight excluding hydrogens is 316 g/mol. The highest BCUT2D eigenvalue weighted by Gasteiger charge is 2.04. The van der Waals surface area contributed by atoms with Crippen LogP contribution in [0.1, 0.15) is 23.7 Å². The molecule has 0 radical (unpaired) electrons. The molecule has 0 aliphatic heterocycles. The summed E-state index contributed by atoms with van der Waals surface area (Å²) >= 11 is 1.42. The summed E-state index contributed by atoms with van der Waals surface area (Å²) in [5.41, 5.74) is 4.90. The lowest BCUT2D eigenvalue weighted by Gasteiger charge is -2.05. The van der Waals surface area contributed by atoms with E-state index in [1.807, 2.05) is 35.1 Å². The van der Waals surface area contributed by atoms with Crippen LogP contribution in [0, 0.1) is 0 Å². The van der Waals surface area contributed by atoms with Crippen molar-refractivity contribution in [2.24, 2.45) is 5.84 Å². The smallest absolute Gasteiger partial charge is 0.421 e. The maximum absolute atomic E-state index is 11.0. The molecule has 2 rings (SSSR count). The van der Waals surface area contributed by atoms with Crippen molar-refractivity contribution in [3.63, 3.8) is 0 Å². The van der Waals surface area contributed by atoms with E-state index >= 15 is 0 Å². The van der Waals surface area contributed by atoms with E-state index in [4.69, 9.17) is 10.6 Å². The fraction of sp³-hybridized carbons (Fsp3) is 0.267. The van der Waals surface area contributed by atoms with Gasteiger partial charge in [0.1, 0.15) is 6.61 Å². The number of rotatable bonds is 6. The summed E-state index contributed by atoms with van der Waals surface area (Å²) in [6, 6.07) is 7.78. The molecule has 1 heterocycles. The highest BCUT2D eigenvalue weighted by molar-refractivity contribution is 7.13. The van der Waals surface area contributed by atoms with Gasteiger partial charge < -0.3 is 10.1 Å². The zero-order chi connectivity index (χ0) is 16.7. The minimum atomic E-state index is -0.660. The van der Waals surface area contributed by atoms with Crippen LogP contribution < -0.4 is 16.6 Å². The van der Waals surface area contributed by atoms with Crippen LogP contribution in [-0.4, -0.2) is 17.0 Å². The number of anilines is 1. The average Bonchev–Trinajstić information content (AvgIpc) is 2.98. The second kappa shape index (κ2) is 8.25. The minimum Gasteiger partial charge on any atom is -0.444 e. The van der Waals surface area contributed by atoms with Crippen LogP contribution in [0.3, 0.4) is 0 Å². The summed E-state index contributed by atoms with van der Waals surface area (Å²) in [6.45, 7) is 1.64. The second-order valence-corrected chi connectivity index (χ2v) is 5.72. The number of nitrogens with one attached hydrogen (secondary N) is 2. The topological polar surface area (TPSA) is 106 Å². The summed E-state index contributed by atoms with van der Waals surface area (Å²) in [5.74, 6) is 4.81. The van der Waals surface area contributed by atoms with Crippen LogP contribution in [0.15, 0.2) is 29.6 Å². The molecule has 0 aliphatic rings. The Morgan fingerprint density at radius 3 is 2.57 bits per heavy atom. The van der Waals surface area contributed by atoms with Gasteiger partial charge in [-0.2, -0.15) is 0 Å². The highest BCUT2D eigenvalue weighted by Crippen LogP contribution is 2.17. The van der Waals surface area contributed by atoms with Crippen molar-refractivity contribution in [3.05, 3.63) is 46.5 Å². The van der Waals surface area contributed by atoms with E-state index in [9.17, 15) is 9.59 Å². The Hall–Kier alpha value is -2.45. The van der Waals surface area contributed by atoms with E-state index in [-0.39, 0.29) is 12.5 Å². The fourth-order valence-corrected chi connectivity index (χ4v) is 2.69. The number of carbonyl (C=O) groups is 2. The van der Waals surface area contributed by atoms with Gasteiger partial charge in [-0.25, -0.2) is 15.6 Å². The van der Waals surface area contributed by atoms with Crippen molar-refractivity contribution < 1.29 is 14.3 Å². The van der Waals surface area contributed by atoms with Crippen molar-refractivity contribution >= 4 is 28.5 Å². The van der Waals surface area contributed by atoms with Crippen molar-refractivity contribution in [2.45, 2.75) is 26.4 Å². The average molecular weight is 334 g/mol. The Balaban J connectivity index is 1.82. The van der Waals surface area contributed by atoms with E-state index in [1.54, 1.807) is 0 Å². The Kier molecular flexibility index (Phi) is 6.07. The SMILES string of the molecule is CC(=O)Nc1nc(CCc2ccc(COC(=O)NN)cc2)cs1. The number of hydrogen-bond acceptors (Lipinski definition) is 6. The monoisotopic (exact) mass is 334 g/mol. The number of ether oxygens (including phenoxy) is 1. The minimum absolute atomic E-state index is 0.118. The van der Waals surface area contributed by atoms with Crippen molar-refractivity contribution in [1.82, 2.24) is 10.4 Å². The van der Waals surface area contributed by atoms with E-state index < -0.39 is 6.09 Å². The van der Waals surface area contributed by atoms with Crippen LogP contribution >= 0.6 is 11.3 Å². The normalized spacial score (nSPS) is 10.2. The van der Waals surface area contributed by atoms with Gasteiger partial charge in [0.05, 0.1) is 5.69 Å². The second-order valence-electron chi connectivity index (χ2n) is 4.86. The molecule has 0 atom stereocenters. The van der Waals surface area contributed by atoms with E-state index in [1.165, 1.54) is 18.3 Å². The van der Waals surface area contributed by atoms with Crippen molar-refractivity contribution in [3.8, 4) is 0 Å². The molecule has 0 saturated carbocycles. The highest BCUT2D eigenvalue weighted by atomic mass is 32.1. The van der Waals surface area contributed by atoms with Gasteiger partial charge in [0.2, 0.25) is 5.91 Å². The molecule has 0 unspecified atom stereocenters. The maximum atomic E-state index is 11.0. The largest absolute Gasteiger partial charge is 0.444 e. The number of thiazole rings is 1. The first-order chi connectivity index (χ1) is 11.1. The summed E-state index contributed by atoms with van der Waals surface area (Å²) < 4.78 is 4.86. The lowest BCUT2D eigenvalue weighted by atomic mass is 10.1. The van der Waals surface area contributed by atoms with Gasteiger partial charge in [-0.1, -0.05) is 24.3 Å². The standard InChI is InChI=1S/C15H18N4O3S/c1-10(20)17-14-18-13(9-23-14)7-6-11-2-4-12(5-3-11)8-22-15(21)19-16/h2-5,9H,6-8,16H2,1H3,(H,19,21)(H,17,18,20). The number of nitrogens with two attached hydrogens (primary N) is 1. The van der Waals surface area contributed by atoms with Gasteiger partial charge in [0.25, 0.3) is 0 Å². The third-order valence-electron chi connectivity index (χ3n) is 3.02. The van der Waals surface area contributed by atoms with E-state index in [2.05, 4.69) is 10.3 Å². The predicted octanol–water partition coefficient (Wildman–Crippen LogP) is 1.99. The van der Waals surface area contributed by atoms with Gasteiger partial charge in [0, 0.05) is 12.3 Å². The Morgan fingerprint density at radius 1 is 1.22 bits per heavy atom. The lowest BCUT2D eigenvalue weighted by Crippen LogP contribution is -2.30. The van der Waals surface area contributed by atoms with Crippen molar-refractivity contribution in [2.75, 3.05) is 5.32 Å². The quantitative estimate of drug-likeness (QED) is 0.425. The zero-order valence-corrected chi connectivity index (χ0v) is 13.5. The summed E-state index contributed by atoms with van der Waals surface area (Å²) in [5, 5.41) is 5.24. The van der Waals surface area contributed by atoms with Crippen LogP contribution in [0.5, 0.6) is 0 Å². The number of nitrogens with zero attached hydrogens (tertiary/aromatic N) is 1. The van der Waals surface area contributed by atoms with Crippen LogP contribution in [0.2, 0.25) is 0 Å². The Bertz CT molecular complexity index is 670. The molecule has 8 heteroatoms. The predicted molar refractivity (Wildman–Crippen MR) is 87.8 cm³/mol. The molecule has 2 aromatic rings. The third-order valence-corrected chi connectivity index (χ3v) is 3.82. The van der Waals surface area contributed by atoms with Gasteiger partial charge in [-0.15, -0.1) is 11.3 Å². The third kappa shape index (κ3) is 5.68. The van der Waals surface area contributed by atoms with Crippen LogP contribution in [0.4, 0.5) is 9.93 Å². The number of amides is 2. The molecule has 2 amide bonds. The number of carbonyl (C=O) groups excluding carboxylic acids is 2. The molecule has 0 aliphatic carbocycles. The molecule has 7 nitrogen and oxygen atoms in total. The maximum Gasteiger partial charge on any atom is 0.421 e. The molecule has 4 N–H and O–H groups in total. The van der Waals surface area contributed by atoms with Gasteiger partial charge in [-0.05, 0) is 24.0 Å². The number of benzene rings is 1. The molecule has 1 aromatic heterocycles. The Labute approximate surface area is 137 Å². The van der Waals surface area contributed by atoms with E-state index in [0.717, 1.165) is 29.7 Å². The number of aryl methyl sites for hydroxylation is 2. The lowest BCUT2D eigenvalue weighted by molar-refractivity contribution is -0.114. The molecule has 1 aromatic carbocycles. The van der Waals surface area contributed by atoms with Gasteiger partial charge >= 0.3 is 6.09 Å². The number of hydrazine groups is 1. The number of aromatic nitrogens is 1. The molecule has 23 heavy (non-hydrogen) atoms. The molecule has 0 fully saturated rings. The molecular formula is C15H18N4O3S. The Morgan fingerprint density at radius 2 is 1.91 bits per heavy atom. The van der Waals surface area contributed by atoms with Gasteiger partial charge in [0.15, 0.2) is 5.13 Å². The number of hydrogen-bond donors (Lipinski definition) is 3. The molecule has 122 valence electrons. The summed E-state index contributed by atoms with van der Waals surface area (Å²) in [4.78, 5) is 26.2. The summed E-state index contributed by atoms with van der Waals surface area (Å²) in [6.07, 6.45) is 0.974. The molecule has 0 bridgehead atoms. The van der Waals surface area contributed by atoms with E-state index in [0.29, 0.717) is 5.13 Å². The summed E-state index contributed by atoms with van der Waals surface area (Å²) in [7, 11) is 0. The molecule has 0 saturated heterocycles. The first kappa shape index (κ1) is 16.9. The molecule has 0 spiro atoms. The van der Waals surface area contributed by atoms with Gasteiger partial charge in [-0.3, -0.25) is 10.2 Å². The zero-order valence-electron chi connectivity index (χ0n) is 12.7. The first-order valence-electron chi connectivity index (χ1n) is 7.00.